The van der Waals surface area contributed by atoms with Crippen LogP contribution in [0.1, 0.15) is 52.7 Å². The Kier molecular flexibility index (Phi) is 12.0. The smallest absolute Gasteiger partial charge is 0.539 e. The van der Waals surface area contributed by atoms with E-state index in [4.69, 9.17) is 36.8 Å². The van der Waals surface area contributed by atoms with Crippen molar-refractivity contribution in [3.63, 3.8) is 0 Å². The predicted octanol–water partition coefficient (Wildman–Crippen LogP) is 8.88. The lowest BCUT2D eigenvalue weighted by Gasteiger charge is -2.37. The molecule has 0 fully saturated rings. The summed E-state index contributed by atoms with van der Waals surface area (Å²) in [5.74, 6) is 3.20. The van der Waals surface area contributed by atoms with Crippen molar-refractivity contribution in [2.75, 3.05) is 28.4 Å². The van der Waals surface area contributed by atoms with Crippen LogP contribution in [0.4, 0.5) is 0 Å². The summed E-state index contributed by atoms with van der Waals surface area (Å²) in [7, 11) is -0.447. The molecule has 0 radical (unpaired) electrons. The summed E-state index contributed by atoms with van der Waals surface area (Å²) in [6, 6.07) is 7.19. The van der Waals surface area contributed by atoms with Crippen LogP contribution in [0.25, 0.3) is 0 Å². The van der Waals surface area contributed by atoms with Crippen LogP contribution in [0.15, 0.2) is 24.3 Å². The number of benzene rings is 2. The van der Waals surface area contributed by atoms with Gasteiger partial charge in [-0.1, -0.05) is 41.5 Å². The molecule has 2 rings (SSSR count). The summed E-state index contributed by atoms with van der Waals surface area (Å²) in [6.07, 6.45) is 0. The Hall–Kier alpha value is -2.31. The number of hydrogen-bond acceptors (Lipinski definition) is 9. The van der Waals surface area contributed by atoms with Gasteiger partial charge in [0.1, 0.15) is 13.2 Å². The third-order valence-electron chi connectivity index (χ3n) is 8.04. The van der Waals surface area contributed by atoms with E-state index in [9.17, 15) is 4.57 Å². The molecule has 0 saturated heterocycles. The highest BCUT2D eigenvalue weighted by Gasteiger charge is 2.41. The lowest BCUT2D eigenvalue weighted by molar-refractivity contribution is 0.212. The first-order valence-corrected chi connectivity index (χ1v) is 20.8. The van der Waals surface area contributed by atoms with Crippen molar-refractivity contribution >= 4 is 24.9 Å². The van der Waals surface area contributed by atoms with E-state index in [0.29, 0.717) is 45.6 Å². The van der Waals surface area contributed by atoms with Gasteiger partial charge in [0.15, 0.2) is 34.5 Å². The van der Waals surface area contributed by atoms with Gasteiger partial charge in [-0.2, -0.15) is 0 Å². The predicted molar refractivity (Wildman–Crippen MR) is 172 cm³/mol. The molecule has 2 aromatic carbocycles. The lowest BCUT2D eigenvalue weighted by Crippen LogP contribution is -2.44. The van der Waals surface area contributed by atoms with Crippen LogP contribution < -0.4 is 27.8 Å². The fraction of sp³-hybridized carbons (Fsp3) is 0.600. The summed E-state index contributed by atoms with van der Waals surface area (Å²) in [6.45, 7) is 21.7. The highest BCUT2D eigenvalue weighted by Crippen LogP contribution is 2.47. The van der Waals surface area contributed by atoms with Crippen molar-refractivity contribution in [3.05, 3.63) is 35.4 Å². The van der Waals surface area contributed by atoms with E-state index in [1.807, 2.05) is 0 Å². The minimum Gasteiger partial charge on any atom is -0.539 e. The molecule has 0 atom stereocenters. The molecular weight excluding hydrogens is 591 g/mol. The fourth-order valence-corrected chi connectivity index (χ4v) is 5.96. The Bertz CT molecular complexity index is 1090. The zero-order chi connectivity index (χ0) is 32.1. The van der Waals surface area contributed by atoms with Gasteiger partial charge in [0.25, 0.3) is 16.6 Å². The quantitative estimate of drug-likeness (QED) is 0.148. The van der Waals surface area contributed by atoms with Crippen LogP contribution in [0.2, 0.25) is 36.3 Å². The molecule has 0 aliphatic carbocycles. The number of rotatable bonds is 14. The Morgan fingerprint density at radius 1 is 0.571 bits per heavy atom. The maximum Gasteiger partial charge on any atom is 0.698 e. The second-order valence-electron chi connectivity index (χ2n) is 13.2. The van der Waals surface area contributed by atoms with Crippen LogP contribution in [-0.4, -0.2) is 45.1 Å². The normalized spacial score (nSPS) is 12.5. The molecule has 0 N–H and O–H groups in total. The van der Waals surface area contributed by atoms with Crippen LogP contribution in [-0.2, 0) is 26.8 Å². The van der Waals surface area contributed by atoms with Crippen molar-refractivity contribution in [2.24, 2.45) is 0 Å². The van der Waals surface area contributed by atoms with E-state index in [0.717, 1.165) is 0 Å². The van der Waals surface area contributed by atoms with Crippen molar-refractivity contribution in [1.82, 2.24) is 0 Å². The van der Waals surface area contributed by atoms with Crippen molar-refractivity contribution in [3.8, 4) is 34.5 Å². The summed E-state index contributed by atoms with van der Waals surface area (Å²) >= 11 is 0. The molecule has 0 aliphatic rings. The minimum atomic E-state index is -2.44. The highest BCUT2D eigenvalue weighted by molar-refractivity contribution is 7.33. The molecule has 0 bridgehead atoms. The van der Waals surface area contributed by atoms with Gasteiger partial charge in [0.2, 0.25) is 0 Å². The summed E-state index contributed by atoms with van der Waals surface area (Å²) in [5, 5.41) is -0.0146. The molecule has 236 valence electrons. The number of ether oxygens (including phenoxy) is 4. The Morgan fingerprint density at radius 2 is 0.833 bits per heavy atom. The second kappa shape index (κ2) is 14.0. The molecule has 0 saturated carbocycles. The van der Waals surface area contributed by atoms with E-state index in [1.165, 1.54) is 0 Å². The topological polar surface area (TPSA) is 90.9 Å². The Morgan fingerprint density at radius 3 is 1.05 bits per heavy atom. The summed E-state index contributed by atoms with van der Waals surface area (Å²) < 4.78 is 59.3. The van der Waals surface area contributed by atoms with Gasteiger partial charge in [-0.15, -0.1) is 9.05 Å². The van der Waals surface area contributed by atoms with E-state index >= 15 is 0 Å². The standard InChI is InChI=1S/C30H50O9PSi2/c1-29(2,3)41(11,12)38-27-23(32-7)15-21(16-24(27)33-8)19-36-40(31)37-20-22-17-25(34-9)28(26(18-22)35-10)39-42(13,14)30(4,5)6/h15-18H,19-20H2,1-14H3/q+1. The minimum absolute atomic E-state index is 0.00728. The fourth-order valence-electron chi connectivity index (χ4n) is 3.34. The molecule has 2 aromatic rings. The molecule has 0 aromatic heterocycles. The van der Waals surface area contributed by atoms with Crippen LogP contribution in [0, 0.1) is 0 Å². The first kappa shape index (κ1) is 35.9. The first-order chi connectivity index (χ1) is 19.3. The van der Waals surface area contributed by atoms with Crippen molar-refractivity contribution < 1.29 is 41.4 Å². The van der Waals surface area contributed by atoms with Crippen molar-refractivity contribution in [2.45, 2.75) is 91.0 Å². The van der Waals surface area contributed by atoms with Crippen LogP contribution in [0.3, 0.4) is 0 Å². The average molecular weight is 642 g/mol. The zero-order valence-electron chi connectivity index (χ0n) is 27.8. The van der Waals surface area contributed by atoms with Gasteiger partial charge in [-0.05, 0) is 71.7 Å². The van der Waals surface area contributed by atoms with Crippen LogP contribution >= 0.6 is 8.25 Å². The third kappa shape index (κ3) is 8.86. The molecule has 42 heavy (non-hydrogen) atoms. The van der Waals surface area contributed by atoms with E-state index in [2.05, 4.69) is 67.7 Å². The zero-order valence-corrected chi connectivity index (χ0v) is 30.7. The van der Waals surface area contributed by atoms with Gasteiger partial charge in [0, 0.05) is 4.57 Å². The largest absolute Gasteiger partial charge is 0.698 e. The Labute approximate surface area is 255 Å². The average Bonchev–Trinajstić information content (AvgIpc) is 2.89. The summed E-state index contributed by atoms with van der Waals surface area (Å²) in [4.78, 5) is 0. The highest BCUT2D eigenvalue weighted by atomic mass is 31.1. The summed E-state index contributed by atoms with van der Waals surface area (Å²) in [5.41, 5.74) is 1.41. The van der Waals surface area contributed by atoms with E-state index in [1.54, 1.807) is 52.7 Å². The maximum absolute atomic E-state index is 12.7. The molecule has 0 aliphatic heterocycles. The molecule has 12 heteroatoms. The maximum atomic E-state index is 12.7. The number of hydrogen-bond donors (Lipinski definition) is 0. The molecular formula is C30H50O9PSi2+. The van der Waals surface area contributed by atoms with E-state index < -0.39 is 24.9 Å². The Balaban J connectivity index is 2.16. The third-order valence-corrected chi connectivity index (χ3v) is 17.4. The van der Waals surface area contributed by atoms with Crippen molar-refractivity contribution in [1.29, 1.82) is 0 Å². The molecule has 0 unspecified atom stereocenters. The van der Waals surface area contributed by atoms with Crippen LogP contribution in [0.5, 0.6) is 34.5 Å². The SMILES string of the molecule is COc1cc(CO[P+](=O)OCc2cc(OC)c(O[Si](C)(C)C(C)(C)C)c(OC)c2)cc(OC)c1O[Si](C)(C)C(C)(C)C. The van der Waals surface area contributed by atoms with Gasteiger partial charge in [-0.25, -0.2) is 0 Å². The van der Waals surface area contributed by atoms with Gasteiger partial charge < -0.3 is 27.8 Å². The molecule has 0 heterocycles. The van der Waals surface area contributed by atoms with Gasteiger partial charge in [-0.3, -0.25) is 0 Å². The lowest BCUT2D eigenvalue weighted by atomic mass is 10.2. The van der Waals surface area contributed by atoms with Gasteiger partial charge in [0.05, 0.1) is 28.4 Å². The number of methoxy groups -OCH3 is 4. The first-order valence-electron chi connectivity index (χ1n) is 13.9. The molecule has 9 nitrogen and oxygen atoms in total. The van der Waals surface area contributed by atoms with Gasteiger partial charge >= 0.3 is 8.25 Å². The van der Waals surface area contributed by atoms with E-state index in [-0.39, 0.29) is 23.3 Å². The molecule has 0 amide bonds. The monoisotopic (exact) mass is 641 g/mol. The second-order valence-corrected chi connectivity index (χ2v) is 23.6. The molecule has 0 spiro atoms.